The van der Waals surface area contributed by atoms with E-state index in [1.165, 1.54) is 32.1 Å². The molecule has 1 amide bonds. The van der Waals surface area contributed by atoms with E-state index in [0.717, 1.165) is 0 Å². The molecular weight excluding hydrogens is 170 g/mol. The zero-order valence-electron chi connectivity index (χ0n) is 7.43. The summed E-state index contributed by atoms with van der Waals surface area (Å²) in [6.45, 7) is 2.00. The molecule has 1 N–H and O–H groups in total. The smallest absolute Gasteiger partial charge is 0.234 e. The van der Waals surface area contributed by atoms with Gasteiger partial charge in [0.15, 0.2) is 0 Å². The molecule has 0 aromatic carbocycles. The average Bonchev–Trinajstić information content (AvgIpc) is 2.29. The maximum absolute atomic E-state index is 11.3. The Kier molecular flexibility index (Phi) is 2.07. The molecule has 2 nitrogen and oxygen atoms in total. The van der Waals surface area contributed by atoms with Crippen molar-refractivity contribution in [2.75, 3.05) is 0 Å². The van der Waals surface area contributed by atoms with E-state index in [1.807, 2.05) is 18.7 Å². The van der Waals surface area contributed by atoms with E-state index in [1.54, 1.807) is 0 Å². The van der Waals surface area contributed by atoms with E-state index in [0.29, 0.717) is 0 Å². The molecule has 1 spiro atoms. The number of nitrogens with one attached hydrogen (secondary N) is 1. The molecule has 68 valence electrons. The van der Waals surface area contributed by atoms with Gasteiger partial charge in [0.1, 0.15) is 0 Å². The van der Waals surface area contributed by atoms with Crippen molar-refractivity contribution in [3.63, 3.8) is 0 Å². The van der Waals surface area contributed by atoms with Gasteiger partial charge < -0.3 is 5.32 Å². The summed E-state index contributed by atoms with van der Waals surface area (Å²) >= 11 is 1.84. The molecule has 1 saturated heterocycles. The molecule has 1 aliphatic carbocycles. The number of carbonyl (C=O) groups is 1. The van der Waals surface area contributed by atoms with Gasteiger partial charge in [0, 0.05) is 0 Å². The second kappa shape index (κ2) is 2.95. The Morgan fingerprint density at radius 3 is 2.58 bits per heavy atom. The number of carbonyl (C=O) groups excluding carboxylic acids is 1. The highest BCUT2D eigenvalue weighted by atomic mass is 32.2. The molecule has 2 rings (SSSR count). The maximum atomic E-state index is 11.3. The van der Waals surface area contributed by atoms with E-state index in [9.17, 15) is 4.79 Å². The van der Waals surface area contributed by atoms with Crippen molar-refractivity contribution >= 4 is 17.7 Å². The highest BCUT2D eigenvalue weighted by Crippen LogP contribution is 2.43. The molecular formula is C9H15NOS. The number of hydrogen-bond acceptors (Lipinski definition) is 2. The van der Waals surface area contributed by atoms with Gasteiger partial charge in [0.25, 0.3) is 0 Å². The van der Waals surface area contributed by atoms with Crippen molar-refractivity contribution in [1.82, 2.24) is 5.32 Å². The molecule has 1 atom stereocenters. The predicted octanol–water partition coefficient (Wildman–Crippen LogP) is 1.90. The third kappa shape index (κ3) is 1.35. The lowest BCUT2D eigenvalue weighted by atomic mass is 9.95. The molecule has 12 heavy (non-hydrogen) atoms. The van der Waals surface area contributed by atoms with Crippen LogP contribution in [0, 0.1) is 0 Å². The summed E-state index contributed by atoms with van der Waals surface area (Å²) in [7, 11) is 0. The van der Waals surface area contributed by atoms with Crippen molar-refractivity contribution < 1.29 is 4.79 Å². The van der Waals surface area contributed by atoms with Gasteiger partial charge in [-0.1, -0.05) is 19.3 Å². The molecule has 2 fully saturated rings. The average molecular weight is 185 g/mol. The van der Waals surface area contributed by atoms with Crippen LogP contribution in [-0.4, -0.2) is 16.0 Å². The highest BCUT2D eigenvalue weighted by Gasteiger charge is 2.43. The molecule has 0 radical (unpaired) electrons. The Labute approximate surface area is 77.5 Å². The van der Waals surface area contributed by atoms with Crippen LogP contribution in [0.4, 0.5) is 0 Å². The summed E-state index contributed by atoms with van der Waals surface area (Å²) in [6.07, 6.45) is 6.24. The van der Waals surface area contributed by atoms with Crippen LogP contribution in [0.15, 0.2) is 0 Å². The van der Waals surface area contributed by atoms with E-state index in [4.69, 9.17) is 0 Å². The van der Waals surface area contributed by atoms with Gasteiger partial charge in [-0.05, 0) is 19.8 Å². The molecule has 1 saturated carbocycles. The first-order valence-corrected chi connectivity index (χ1v) is 5.60. The molecule has 2 aliphatic rings. The van der Waals surface area contributed by atoms with Crippen molar-refractivity contribution in [1.29, 1.82) is 0 Å². The second-order valence-electron chi connectivity index (χ2n) is 3.80. The van der Waals surface area contributed by atoms with Crippen LogP contribution < -0.4 is 5.32 Å². The Bertz CT molecular complexity index is 199. The quantitative estimate of drug-likeness (QED) is 0.624. The number of hydrogen-bond donors (Lipinski definition) is 1. The van der Waals surface area contributed by atoms with Crippen LogP contribution in [-0.2, 0) is 4.79 Å². The Morgan fingerprint density at radius 1 is 1.42 bits per heavy atom. The van der Waals surface area contributed by atoms with E-state index < -0.39 is 0 Å². The van der Waals surface area contributed by atoms with Gasteiger partial charge in [-0.15, -0.1) is 11.8 Å². The van der Waals surface area contributed by atoms with Crippen molar-refractivity contribution in [3.8, 4) is 0 Å². The summed E-state index contributed by atoms with van der Waals surface area (Å²) in [4.78, 5) is 11.4. The van der Waals surface area contributed by atoms with Gasteiger partial charge in [0.2, 0.25) is 5.91 Å². The fraction of sp³-hybridized carbons (Fsp3) is 0.889. The van der Waals surface area contributed by atoms with Crippen LogP contribution in [0.3, 0.4) is 0 Å². The third-order valence-corrected chi connectivity index (χ3v) is 4.31. The van der Waals surface area contributed by atoms with Crippen LogP contribution >= 0.6 is 11.8 Å². The first kappa shape index (κ1) is 8.42. The Hall–Kier alpha value is -0.180. The molecule has 0 bridgehead atoms. The topological polar surface area (TPSA) is 29.1 Å². The van der Waals surface area contributed by atoms with Gasteiger partial charge in [0.05, 0.1) is 10.1 Å². The largest absolute Gasteiger partial charge is 0.341 e. The van der Waals surface area contributed by atoms with Crippen LogP contribution in [0.2, 0.25) is 0 Å². The van der Waals surface area contributed by atoms with Gasteiger partial charge in [-0.25, -0.2) is 0 Å². The van der Waals surface area contributed by atoms with Gasteiger partial charge >= 0.3 is 0 Å². The van der Waals surface area contributed by atoms with Gasteiger partial charge in [-0.2, -0.15) is 0 Å². The highest BCUT2D eigenvalue weighted by molar-refractivity contribution is 8.02. The minimum atomic E-state index is 0.134. The number of amides is 1. The standard InChI is InChI=1S/C9H15NOS/c1-7-8(11)10-9(12-7)5-3-2-4-6-9/h7H,2-6H2,1H3,(H,10,11). The van der Waals surface area contributed by atoms with Crippen molar-refractivity contribution in [3.05, 3.63) is 0 Å². The van der Waals surface area contributed by atoms with Gasteiger partial charge in [-0.3, -0.25) is 4.79 Å². The predicted molar refractivity (Wildman–Crippen MR) is 51.0 cm³/mol. The first-order valence-electron chi connectivity index (χ1n) is 4.72. The lowest BCUT2D eigenvalue weighted by molar-refractivity contribution is -0.120. The third-order valence-electron chi connectivity index (χ3n) is 2.78. The Balaban J connectivity index is 2.07. The lowest BCUT2D eigenvalue weighted by Crippen LogP contribution is -2.41. The maximum Gasteiger partial charge on any atom is 0.234 e. The minimum Gasteiger partial charge on any atom is -0.341 e. The normalized spacial score (nSPS) is 33.8. The minimum absolute atomic E-state index is 0.134. The zero-order valence-corrected chi connectivity index (χ0v) is 8.25. The van der Waals surface area contributed by atoms with Crippen LogP contribution in [0.25, 0.3) is 0 Å². The molecule has 0 aromatic heterocycles. The number of rotatable bonds is 0. The zero-order chi connectivity index (χ0) is 8.60. The molecule has 3 heteroatoms. The fourth-order valence-corrected chi connectivity index (χ4v) is 3.64. The first-order chi connectivity index (χ1) is 5.72. The van der Waals surface area contributed by atoms with E-state index in [-0.39, 0.29) is 16.0 Å². The SMILES string of the molecule is CC1SC2(CCCCC2)NC1=O. The summed E-state index contributed by atoms with van der Waals surface area (Å²) in [5.74, 6) is 0.238. The summed E-state index contributed by atoms with van der Waals surface area (Å²) < 4.78 is 0. The summed E-state index contributed by atoms with van der Waals surface area (Å²) in [5, 5.41) is 3.31. The molecule has 0 aromatic rings. The fourth-order valence-electron chi connectivity index (χ4n) is 2.11. The molecule has 1 heterocycles. The van der Waals surface area contributed by atoms with E-state index >= 15 is 0 Å². The lowest BCUT2D eigenvalue weighted by Gasteiger charge is -2.32. The van der Waals surface area contributed by atoms with Crippen molar-refractivity contribution in [2.45, 2.75) is 49.1 Å². The summed E-state index contributed by atoms with van der Waals surface area (Å²) in [5.41, 5.74) is 0. The molecule has 1 aliphatic heterocycles. The van der Waals surface area contributed by atoms with Crippen LogP contribution in [0.5, 0.6) is 0 Å². The monoisotopic (exact) mass is 185 g/mol. The van der Waals surface area contributed by atoms with Crippen molar-refractivity contribution in [2.24, 2.45) is 0 Å². The van der Waals surface area contributed by atoms with E-state index in [2.05, 4.69) is 5.32 Å². The second-order valence-corrected chi connectivity index (χ2v) is 5.53. The Morgan fingerprint density at radius 2 is 2.08 bits per heavy atom. The van der Waals surface area contributed by atoms with Crippen LogP contribution in [0.1, 0.15) is 39.0 Å². The molecule has 1 unspecified atom stereocenters. The summed E-state index contributed by atoms with van der Waals surface area (Å²) in [6, 6.07) is 0. The number of thioether (sulfide) groups is 1.